The van der Waals surface area contributed by atoms with Gasteiger partial charge in [0.15, 0.2) is 5.16 Å². The fourth-order valence-corrected chi connectivity index (χ4v) is 3.60. The molecule has 3 aromatic rings. The summed E-state index contributed by atoms with van der Waals surface area (Å²) in [6, 6.07) is 13.8. The molecule has 0 saturated heterocycles. The average molecular weight is 403 g/mol. The Balaban J connectivity index is 1.78. The number of allylic oxidation sites excluding steroid dienone is 1. The number of nitrogens with one attached hydrogen (secondary N) is 1. The second-order valence-corrected chi connectivity index (χ2v) is 7.21. The highest BCUT2D eigenvalue weighted by molar-refractivity contribution is 8.00. The smallest absolute Gasteiger partial charge is 0.387 e. The summed E-state index contributed by atoms with van der Waals surface area (Å²) in [6.07, 6.45) is 1.76. The van der Waals surface area contributed by atoms with Crippen LogP contribution in [-0.2, 0) is 11.3 Å². The minimum Gasteiger partial charge on any atom is -0.433 e. The number of ether oxygens (including phenoxy) is 1. The Kier molecular flexibility index (Phi) is 6.30. The first kappa shape index (κ1) is 19.9. The highest BCUT2D eigenvalue weighted by Gasteiger charge is 2.20. The van der Waals surface area contributed by atoms with Crippen molar-refractivity contribution < 1.29 is 18.3 Å². The number of anilines is 1. The van der Waals surface area contributed by atoms with Gasteiger partial charge in [-0.15, -0.1) is 6.58 Å². The molecule has 3 rings (SSSR count). The molecular weight excluding hydrogens is 384 g/mol. The SMILES string of the molecule is C=CCn1c(SC(C)C(=O)Nc2ccccc2OC(F)F)nc2ccccc21. The number of carbonyl (C=O) groups excluding carboxylic acids is 1. The van der Waals surface area contributed by atoms with Gasteiger partial charge in [0.2, 0.25) is 5.91 Å². The molecule has 1 atom stereocenters. The zero-order valence-corrected chi connectivity index (χ0v) is 16.0. The van der Waals surface area contributed by atoms with Crippen LogP contribution >= 0.6 is 11.8 Å². The molecule has 0 aliphatic carbocycles. The molecule has 0 fully saturated rings. The number of para-hydroxylation sites is 4. The number of rotatable bonds is 8. The number of alkyl halides is 2. The number of nitrogens with zero attached hydrogens (tertiary/aromatic N) is 2. The molecule has 1 heterocycles. The van der Waals surface area contributed by atoms with Gasteiger partial charge in [-0.25, -0.2) is 4.98 Å². The van der Waals surface area contributed by atoms with Gasteiger partial charge in [-0.05, 0) is 31.2 Å². The Morgan fingerprint density at radius 2 is 2.00 bits per heavy atom. The predicted molar refractivity (Wildman–Crippen MR) is 107 cm³/mol. The average Bonchev–Trinajstić information content (AvgIpc) is 3.00. The van der Waals surface area contributed by atoms with E-state index in [9.17, 15) is 13.6 Å². The van der Waals surface area contributed by atoms with Gasteiger partial charge in [0.25, 0.3) is 0 Å². The van der Waals surface area contributed by atoms with Crippen molar-refractivity contribution in [3.63, 3.8) is 0 Å². The van der Waals surface area contributed by atoms with Crippen LogP contribution in [0, 0.1) is 0 Å². The lowest BCUT2D eigenvalue weighted by Crippen LogP contribution is -2.23. The molecule has 0 saturated carbocycles. The van der Waals surface area contributed by atoms with E-state index in [4.69, 9.17) is 0 Å². The fourth-order valence-electron chi connectivity index (χ4n) is 2.66. The number of halogens is 2. The zero-order chi connectivity index (χ0) is 20.1. The third-order valence-corrected chi connectivity index (χ3v) is 5.03. The van der Waals surface area contributed by atoms with Gasteiger partial charge < -0.3 is 14.6 Å². The Morgan fingerprint density at radius 1 is 1.29 bits per heavy atom. The van der Waals surface area contributed by atoms with Crippen molar-refractivity contribution in [3.8, 4) is 5.75 Å². The van der Waals surface area contributed by atoms with E-state index in [0.717, 1.165) is 11.0 Å². The molecule has 1 unspecified atom stereocenters. The van der Waals surface area contributed by atoms with Crippen molar-refractivity contribution in [2.45, 2.75) is 30.5 Å². The number of benzene rings is 2. The molecule has 28 heavy (non-hydrogen) atoms. The molecule has 0 spiro atoms. The highest BCUT2D eigenvalue weighted by Crippen LogP contribution is 2.30. The lowest BCUT2D eigenvalue weighted by Gasteiger charge is -2.15. The Labute approximate surface area is 165 Å². The number of carbonyl (C=O) groups is 1. The zero-order valence-electron chi connectivity index (χ0n) is 15.1. The topological polar surface area (TPSA) is 56.2 Å². The summed E-state index contributed by atoms with van der Waals surface area (Å²) in [5.74, 6) is -0.422. The Bertz CT molecular complexity index is 990. The fraction of sp³-hybridized carbons (Fsp3) is 0.200. The maximum atomic E-state index is 12.6. The first-order valence-electron chi connectivity index (χ1n) is 8.57. The molecule has 1 aromatic heterocycles. The van der Waals surface area contributed by atoms with Gasteiger partial charge in [0.1, 0.15) is 5.75 Å². The molecule has 2 aromatic carbocycles. The van der Waals surface area contributed by atoms with E-state index >= 15 is 0 Å². The second kappa shape index (κ2) is 8.88. The van der Waals surface area contributed by atoms with Crippen molar-refractivity contribution in [1.29, 1.82) is 0 Å². The maximum Gasteiger partial charge on any atom is 0.387 e. The lowest BCUT2D eigenvalue weighted by atomic mass is 10.3. The molecule has 0 aliphatic heterocycles. The van der Waals surface area contributed by atoms with Crippen LogP contribution in [0.15, 0.2) is 66.3 Å². The number of hydrogen-bond donors (Lipinski definition) is 1. The molecule has 5 nitrogen and oxygen atoms in total. The molecule has 146 valence electrons. The molecule has 8 heteroatoms. The summed E-state index contributed by atoms with van der Waals surface area (Å²) in [7, 11) is 0. The predicted octanol–water partition coefficient (Wildman–Crippen LogP) is 4.94. The van der Waals surface area contributed by atoms with Gasteiger partial charge in [0.05, 0.1) is 22.0 Å². The summed E-state index contributed by atoms with van der Waals surface area (Å²) in [5, 5.41) is 2.81. The van der Waals surface area contributed by atoms with Gasteiger partial charge in [-0.3, -0.25) is 4.79 Å². The van der Waals surface area contributed by atoms with Crippen LogP contribution < -0.4 is 10.1 Å². The standard InChI is InChI=1S/C20H19F2N3O2S/c1-3-12-25-16-10-6-4-8-14(16)24-20(25)28-13(2)18(26)23-15-9-5-7-11-17(15)27-19(21)22/h3-11,13,19H,1,12H2,2H3,(H,23,26). The molecule has 0 bridgehead atoms. The number of imidazole rings is 1. The Morgan fingerprint density at radius 3 is 2.75 bits per heavy atom. The van der Waals surface area contributed by atoms with Crippen LogP contribution in [0.25, 0.3) is 11.0 Å². The summed E-state index contributed by atoms with van der Waals surface area (Å²) >= 11 is 1.29. The third kappa shape index (κ3) is 4.51. The van der Waals surface area contributed by atoms with E-state index in [-0.39, 0.29) is 17.3 Å². The van der Waals surface area contributed by atoms with E-state index in [1.807, 2.05) is 28.8 Å². The van der Waals surface area contributed by atoms with Crippen molar-refractivity contribution in [2.75, 3.05) is 5.32 Å². The van der Waals surface area contributed by atoms with Gasteiger partial charge in [0, 0.05) is 6.54 Å². The van der Waals surface area contributed by atoms with Crippen LogP contribution in [0.1, 0.15) is 6.92 Å². The minimum absolute atomic E-state index is 0.0815. The monoisotopic (exact) mass is 403 g/mol. The van der Waals surface area contributed by atoms with E-state index in [1.54, 1.807) is 25.1 Å². The van der Waals surface area contributed by atoms with Gasteiger partial charge in [-0.2, -0.15) is 8.78 Å². The quantitative estimate of drug-likeness (QED) is 0.427. The summed E-state index contributed by atoms with van der Waals surface area (Å²) in [6.45, 7) is 3.09. The number of thioether (sulfide) groups is 1. The number of amides is 1. The largest absolute Gasteiger partial charge is 0.433 e. The van der Waals surface area contributed by atoms with Crippen molar-refractivity contribution in [1.82, 2.24) is 9.55 Å². The van der Waals surface area contributed by atoms with Crippen LogP contribution in [-0.4, -0.2) is 27.3 Å². The number of fused-ring (bicyclic) bond motifs is 1. The van der Waals surface area contributed by atoms with E-state index in [2.05, 4.69) is 21.6 Å². The van der Waals surface area contributed by atoms with Crippen LogP contribution in [0.2, 0.25) is 0 Å². The molecule has 1 amide bonds. The van der Waals surface area contributed by atoms with Crippen LogP contribution in [0.4, 0.5) is 14.5 Å². The van der Waals surface area contributed by atoms with E-state index in [1.165, 1.54) is 23.9 Å². The summed E-state index contributed by atoms with van der Waals surface area (Å²) in [5.41, 5.74) is 1.98. The minimum atomic E-state index is -2.97. The van der Waals surface area contributed by atoms with E-state index in [0.29, 0.717) is 11.7 Å². The molecular formula is C20H19F2N3O2S. The first-order chi connectivity index (χ1) is 13.5. The normalized spacial score (nSPS) is 12.1. The van der Waals surface area contributed by atoms with Crippen molar-refractivity contribution in [3.05, 3.63) is 61.2 Å². The van der Waals surface area contributed by atoms with Crippen LogP contribution in [0.5, 0.6) is 5.75 Å². The molecule has 1 N–H and O–H groups in total. The van der Waals surface area contributed by atoms with Crippen LogP contribution in [0.3, 0.4) is 0 Å². The van der Waals surface area contributed by atoms with E-state index < -0.39 is 11.9 Å². The highest BCUT2D eigenvalue weighted by atomic mass is 32.2. The summed E-state index contributed by atoms with van der Waals surface area (Å²) in [4.78, 5) is 17.2. The second-order valence-electron chi connectivity index (χ2n) is 5.91. The summed E-state index contributed by atoms with van der Waals surface area (Å²) < 4.78 is 31.5. The lowest BCUT2D eigenvalue weighted by molar-refractivity contribution is -0.115. The number of hydrogen-bond acceptors (Lipinski definition) is 4. The Hall–Kier alpha value is -2.87. The van der Waals surface area contributed by atoms with Crippen molar-refractivity contribution in [2.24, 2.45) is 0 Å². The number of aromatic nitrogens is 2. The first-order valence-corrected chi connectivity index (χ1v) is 9.45. The molecule has 0 aliphatic rings. The van der Waals surface area contributed by atoms with Crippen molar-refractivity contribution >= 4 is 34.4 Å². The third-order valence-electron chi connectivity index (χ3n) is 3.94. The molecule has 0 radical (unpaired) electrons. The van der Waals surface area contributed by atoms with Gasteiger partial charge >= 0.3 is 6.61 Å². The van der Waals surface area contributed by atoms with Gasteiger partial charge in [-0.1, -0.05) is 42.1 Å². The maximum absolute atomic E-state index is 12.6.